The molecule has 0 saturated carbocycles. The van der Waals surface area contributed by atoms with Gasteiger partial charge in [0.1, 0.15) is 5.75 Å². The minimum Gasteiger partial charge on any atom is -0.484 e. The van der Waals surface area contributed by atoms with Crippen molar-refractivity contribution >= 4 is 5.91 Å². The minimum atomic E-state index is -0.244. The zero-order valence-corrected chi connectivity index (χ0v) is 11.9. The Morgan fingerprint density at radius 3 is 2.45 bits per heavy atom. The highest BCUT2D eigenvalue weighted by molar-refractivity contribution is 5.77. The number of nitrogens with one attached hydrogen (secondary N) is 1. The normalized spacial score (nSPS) is 9.05. The Bertz CT molecular complexity index is 720. The van der Waals surface area contributed by atoms with Gasteiger partial charge in [-0.2, -0.15) is 5.26 Å². The first kappa shape index (κ1) is 15.2. The van der Waals surface area contributed by atoms with Crippen LogP contribution in [0.4, 0.5) is 0 Å². The van der Waals surface area contributed by atoms with Crippen LogP contribution < -0.4 is 10.1 Å². The van der Waals surface area contributed by atoms with Crippen molar-refractivity contribution in [3.05, 3.63) is 65.7 Å². The Morgan fingerprint density at radius 2 is 1.77 bits per heavy atom. The number of ether oxygens (including phenoxy) is 1. The molecule has 22 heavy (non-hydrogen) atoms. The van der Waals surface area contributed by atoms with Crippen LogP contribution in [-0.4, -0.2) is 19.1 Å². The summed E-state index contributed by atoms with van der Waals surface area (Å²) in [6, 6.07) is 18.2. The first-order valence-electron chi connectivity index (χ1n) is 6.71. The molecule has 0 bridgehead atoms. The van der Waals surface area contributed by atoms with Gasteiger partial charge in [-0.05, 0) is 36.4 Å². The van der Waals surface area contributed by atoms with E-state index in [9.17, 15) is 4.79 Å². The zero-order valence-electron chi connectivity index (χ0n) is 11.9. The largest absolute Gasteiger partial charge is 0.484 e. The highest BCUT2D eigenvalue weighted by Crippen LogP contribution is 2.11. The summed E-state index contributed by atoms with van der Waals surface area (Å²) < 4.78 is 5.31. The van der Waals surface area contributed by atoms with Gasteiger partial charge in [0.05, 0.1) is 18.2 Å². The summed E-state index contributed by atoms with van der Waals surface area (Å²) in [4.78, 5) is 11.6. The predicted molar refractivity (Wildman–Crippen MR) is 83.0 cm³/mol. The predicted octanol–water partition coefficient (Wildman–Crippen LogP) is 2.10. The molecule has 4 nitrogen and oxygen atoms in total. The number of hydrogen-bond acceptors (Lipinski definition) is 3. The standard InChI is InChI=1S/C18H14N2O2/c19-13-16-8-10-17(11-9-16)22-14-18(21)20-12-4-7-15-5-2-1-3-6-15/h1-3,5-6,8-11H,12,14H2,(H,20,21). The van der Waals surface area contributed by atoms with E-state index in [0.29, 0.717) is 11.3 Å². The molecule has 0 heterocycles. The number of benzene rings is 2. The quantitative estimate of drug-likeness (QED) is 0.877. The van der Waals surface area contributed by atoms with Gasteiger partial charge in [-0.25, -0.2) is 0 Å². The summed E-state index contributed by atoms with van der Waals surface area (Å²) in [5.41, 5.74) is 1.46. The lowest BCUT2D eigenvalue weighted by Crippen LogP contribution is -2.29. The summed E-state index contributed by atoms with van der Waals surface area (Å²) in [7, 11) is 0. The molecule has 0 saturated heterocycles. The second-order valence-electron chi connectivity index (χ2n) is 4.37. The van der Waals surface area contributed by atoms with Crippen LogP contribution in [0.25, 0.3) is 0 Å². The van der Waals surface area contributed by atoms with Gasteiger partial charge in [-0.3, -0.25) is 4.79 Å². The van der Waals surface area contributed by atoms with Crippen LogP contribution in [0.15, 0.2) is 54.6 Å². The third-order valence-corrected chi connectivity index (χ3v) is 2.73. The Labute approximate surface area is 129 Å². The van der Waals surface area contributed by atoms with E-state index < -0.39 is 0 Å². The van der Waals surface area contributed by atoms with Crippen LogP contribution >= 0.6 is 0 Å². The number of nitriles is 1. The van der Waals surface area contributed by atoms with Crippen LogP contribution in [0.3, 0.4) is 0 Å². The summed E-state index contributed by atoms with van der Waals surface area (Å²) in [5, 5.41) is 11.3. The zero-order chi connectivity index (χ0) is 15.6. The molecule has 2 rings (SSSR count). The van der Waals surface area contributed by atoms with E-state index >= 15 is 0 Å². The fraction of sp³-hybridized carbons (Fsp3) is 0.111. The van der Waals surface area contributed by atoms with Gasteiger partial charge in [-0.1, -0.05) is 30.0 Å². The lowest BCUT2D eigenvalue weighted by Gasteiger charge is -2.05. The third-order valence-electron chi connectivity index (χ3n) is 2.73. The van der Waals surface area contributed by atoms with E-state index in [1.807, 2.05) is 36.4 Å². The highest BCUT2D eigenvalue weighted by atomic mass is 16.5. The smallest absolute Gasteiger partial charge is 0.258 e. The third kappa shape index (κ3) is 5.03. The molecule has 2 aromatic carbocycles. The van der Waals surface area contributed by atoms with Crippen LogP contribution in [0.2, 0.25) is 0 Å². The van der Waals surface area contributed by atoms with E-state index in [1.54, 1.807) is 24.3 Å². The first-order valence-corrected chi connectivity index (χ1v) is 6.71. The molecule has 0 radical (unpaired) electrons. The van der Waals surface area contributed by atoms with E-state index in [1.165, 1.54) is 0 Å². The van der Waals surface area contributed by atoms with Crippen molar-refractivity contribution in [2.24, 2.45) is 0 Å². The molecule has 1 N–H and O–H groups in total. The van der Waals surface area contributed by atoms with Gasteiger partial charge in [0, 0.05) is 5.56 Å². The fourth-order valence-electron chi connectivity index (χ4n) is 1.64. The molecule has 1 amide bonds. The SMILES string of the molecule is N#Cc1ccc(OCC(=O)NCC#Cc2ccccc2)cc1. The van der Waals surface area contributed by atoms with Gasteiger partial charge in [-0.15, -0.1) is 0 Å². The van der Waals surface area contributed by atoms with E-state index in [2.05, 4.69) is 17.2 Å². The average Bonchev–Trinajstić information content (AvgIpc) is 2.58. The maximum absolute atomic E-state index is 11.6. The first-order chi connectivity index (χ1) is 10.8. The van der Waals surface area contributed by atoms with Crippen molar-refractivity contribution in [1.82, 2.24) is 5.32 Å². The summed E-state index contributed by atoms with van der Waals surface area (Å²) in [6.45, 7) is 0.184. The van der Waals surface area contributed by atoms with Crippen molar-refractivity contribution in [1.29, 1.82) is 5.26 Å². The molecule has 0 aliphatic carbocycles. The maximum Gasteiger partial charge on any atom is 0.258 e. The monoisotopic (exact) mass is 290 g/mol. The molecular weight excluding hydrogens is 276 g/mol. The van der Waals surface area contributed by atoms with E-state index in [4.69, 9.17) is 10.00 Å². The molecule has 0 atom stereocenters. The number of nitrogens with zero attached hydrogens (tertiary/aromatic N) is 1. The molecule has 108 valence electrons. The fourth-order valence-corrected chi connectivity index (χ4v) is 1.64. The molecule has 0 aromatic heterocycles. The van der Waals surface area contributed by atoms with E-state index in [-0.39, 0.29) is 19.1 Å². The molecule has 0 unspecified atom stereocenters. The Morgan fingerprint density at radius 1 is 1.05 bits per heavy atom. The second-order valence-corrected chi connectivity index (χ2v) is 4.37. The van der Waals surface area contributed by atoms with E-state index in [0.717, 1.165) is 5.56 Å². The van der Waals surface area contributed by atoms with Crippen LogP contribution in [0.1, 0.15) is 11.1 Å². The van der Waals surface area contributed by atoms with Crippen LogP contribution in [0.5, 0.6) is 5.75 Å². The molecular formula is C18H14N2O2. The molecule has 0 spiro atoms. The van der Waals surface area contributed by atoms with Crippen molar-refractivity contribution in [3.8, 4) is 23.7 Å². The molecule has 4 heteroatoms. The minimum absolute atomic E-state index is 0.0844. The Balaban J connectivity index is 1.72. The molecule has 2 aromatic rings. The Hall–Kier alpha value is -3.24. The average molecular weight is 290 g/mol. The van der Waals surface area contributed by atoms with Crippen LogP contribution in [0, 0.1) is 23.2 Å². The van der Waals surface area contributed by atoms with Gasteiger partial charge >= 0.3 is 0 Å². The molecule has 0 aliphatic rings. The number of rotatable bonds is 4. The number of carbonyl (C=O) groups excluding carboxylic acids is 1. The van der Waals surface area contributed by atoms with Gasteiger partial charge < -0.3 is 10.1 Å². The van der Waals surface area contributed by atoms with Crippen molar-refractivity contribution < 1.29 is 9.53 Å². The van der Waals surface area contributed by atoms with Gasteiger partial charge in [0.25, 0.3) is 5.91 Å². The maximum atomic E-state index is 11.6. The highest BCUT2D eigenvalue weighted by Gasteiger charge is 2.01. The lowest BCUT2D eigenvalue weighted by molar-refractivity contribution is -0.122. The van der Waals surface area contributed by atoms with Gasteiger partial charge in [0.2, 0.25) is 0 Å². The van der Waals surface area contributed by atoms with Gasteiger partial charge in [0.15, 0.2) is 6.61 Å². The topological polar surface area (TPSA) is 62.1 Å². The molecule has 0 fully saturated rings. The van der Waals surface area contributed by atoms with Crippen molar-refractivity contribution in [3.63, 3.8) is 0 Å². The number of hydrogen-bond donors (Lipinski definition) is 1. The number of carbonyl (C=O) groups is 1. The van der Waals surface area contributed by atoms with Crippen molar-refractivity contribution in [2.75, 3.05) is 13.2 Å². The summed E-state index contributed by atoms with van der Waals surface area (Å²) >= 11 is 0. The molecule has 0 aliphatic heterocycles. The second kappa shape index (κ2) is 8.14. The summed E-state index contributed by atoms with van der Waals surface area (Å²) in [6.07, 6.45) is 0. The Kier molecular flexibility index (Phi) is 5.61. The number of amides is 1. The van der Waals surface area contributed by atoms with Crippen LogP contribution in [-0.2, 0) is 4.79 Å². The lowest BCUT2D eigenvalue weighted by atomic mass is 10.2. The van der Waals surface area contributed by atoms with Crippen molar-refractivity contribution in [2.45, 2.75) is 0 Å². The summed E-state index contributed by atoms with van der Waals surface area (Å²) in [5.74, 6) is 6.12.